The average Bonchev–Trinajstić information content (AvgIpc) is 2.58. The molecule has 2 fully saturated rings. The van der Waals surface area contributed by atoms with Gasteiger partial charge in [-0.25, -0.2) is 4.39 Å². The van der Waals surface area contributed by atoms with Crippen LogP contribution in [0.15, 0.2) is 18.2 Å². The van der Waals surface area contributed by atoms with Crippen molar-refractivity contribution in [2.75, 3.05) is 47.4 Å². The Hall–Kier alpha value is -2.19. The summed E-state index contributed by atoms with van der Waals surface area (Å²) in [4.78, 5) is 27.8. The van der Waals surface area contributed by atoms with Crippen molar-refractivity contribution in [2.24, 2.45) is 0 Å². The minimum atomic E-state index is -0.564. The van der Waals surface area contributed by atoms with Gasteiger partial charge < -0.3 is 19.7 Å². The Morgan fingerprint density at radius 1 is 1.36 bits per heavy atom. The van der Waals surface area contributed by atoms with E-state index in [2.05, 4.69) is 5.32 Å². The number of likely N-dealkylation sites (tertiary alicyclic amines) is 1. The molecule has 8 heteroatoms. The van der Waals surface area contributed by atoms with Crippen LogP contribution >= 0.6 is 0 Å². The third-order valence-electron chi connectivity index (χ3n) is 4.81. The number of carbonyl (C=O) groups is 2. The number of ether oxygens (including phenoxy) is 2. The molecule has 1 aromatic carbocycles. The first-order valence-corrected chi connectivity index (χ1v) is 8.08. The van der Waals surface area contributed by atoms with Crippen LogP contribution in [0, 0.1) is 5.82 Å². The van der Waals surface area contributed by atoms with Gasteiger partial charge in [0.05, 0.1) is 26.8 Å². The summed E-state index contributed by atoms with van der Waals surface area (Å²) in [6.45, 7) is 1.69. The molecule has 3 rings (SSSR count). The summed E-state index contributed by atoms with van der Waals surface area (Å²) < 4.78 is 24.5. The predicted molar refractivity (Wildman–Crippen MR) is 88.0 cm³/mol. The molecule has 0 aromatic heterocycles. The lowest BCUT2D eigenvalue weighted by atomic mass is 9.90. The molecule has 7 nitrogen and oxygen atoms in total. The SMILES string of the molecule is CNC(=O)[C@H]1COC2(CN(C(=O)c3ccc(OC)c(F)c3)C2)CN1C. The van der Waals surface area contributed by atoms with E-state index in [1.165, 1.54) is 19.2 Å². The number of morpholine rings is 1. The van der Waals surface area contributed by atoms with Crippen LogP contribution < -0.4 is 10.1 Å². The highest BCUT2D eigenvalue weighted by Gasteiger charge is 2.51. The Morgan fingerprint density at radius 3 is 2.64 bits per heavy atom. The molecule has 0 bridgehead atoms. The summed E-state index contributed by atoms with van der Waals surface area (Å²) >= 11 is 0. The van der Waals surface area contributed by atoms with Crippen molar-refractivity contribution in [3.8, 4) is 5.75 Å². The molecule has 136 valence electrons. The van der Waals surface area contributed by atoms with Crippen LogP contribution in [0.4, 0.5) is 4.39 Å². The van der Waals surface area contributed by atoms with Crippen molar-refractivity contribution < 1.29 is 23.5 Å². The first kappa shape index (κ1) is 17.6. The number of likely N-dealkylation sites (N-methyl/N-ethyl adjacent to an activating group) is 2. The summed E-state index contributed by atoms with van der Waals surface area (Å²) in [6.07, 6.45) is 0. The summed E-state index contributed by atoms with van der Waals surface area (Å²) in [7, 11) is 4.84. The number of halogens is 1. The Labute approximate surface area is 145 Å². The fourth-order valence-corrected chi connectivity index (χ4v) is 3.40. The highest BCUT2D eigenvalue weighted by Crippen LogP contribution is 2.32. The third kappa shape index (κ3) is 3.19. The van der Waals surface area contributed by atoms with Crippen molar-refractivity contribution in [3.05, 3.63) is 29.6 Å². The molecule has 1 aromatic rings. The summed E-state index contributed by atoms with van der Waals surface area (Å²) in [6, 6.07) is 3.85. The molecular formula is C17H22FN3O4. The largest absolute Gasteiger partial charge is 0.494 e. The summed E-state index contributed by atoms with van der Waals surface area (Å²) in [5, 5.41) is 2.62. The van der Waals surface area contributed by atoms with Gasteiger partial charge in [0.1, 0.15) is 11.6 Å². The number of nitrogens with one attached hydrogen (secondary N) is 1. The minimum absolute atomic E-state index is 0.0849. The van der Waals surface area contributed by atoms with E-state index < -0.39 is 11.4 Å². The van der Waals surface area contributed by atoms with Gasteiger partial charge in [0.25, 0.3) is 5.91 Å². The number of benzene rings is 1. The molecule has 1 spiro atoms. The fourth-order valence-electron chi connectivity index (χ4n) is 3.40. The van der Waals surface area contributed by atoms with Crippen molar-refractivity contribution in [2.45, 2.75) is 11.6 Å². The van der Waals surface area contributed by atoms with Gasteiger partial charge >= 0.3 is 0 Å². The van der Waals surface area contributed by atoms with Crippen molar-refractivity contribution in [1.82, 2.24) is 15.1 Å². The van der Waals surface area contributed by atoms with E-state index >= 15 is 0 Å². The lowest BCUT2D eigenvalue weighted by Crippen LogP contribution is -2.73. The van der Waals surface area contributed by atoms with Crippen LogP contribution in [0.5, 0.6) is 5.75 Å². The molecule has 0 aliphatic carbocycles. The van der Waals surface area contributed by atoms with Gasteiger partial charge in [-0.15, -0.1) is 0 Å². The van der Waals surface area contributed by atoms with Gasteiger partial charge in [-0.2, -0.15) is 0 Å². The van der Waals surface area contributed by atoms with E-state index in [-0.39, 0.29) is 35.8 Å². The number of carbonyl (C=O) groups excluding carboxylic acids is 2. The van der Waals surface area contributed by atoms with Crippen LogP contribution in [0.2, 0.25) is 0 Å². The normalized spacial score (nSPS) is 22.4. The van der Waals surface area contributed by atoms with Crippen molar-refractivity contribution in [1.29, 1.82) is 0 Å². The molecule has 0 saturated carbocycles. The second-order valence-electron chi connectivity index (χ2n) is 6.55. The minimum Gasteiger partial charge on any atom is -0.494 e. The quantitative estimate of drug-likeness (QED) is 0.837. The first-order chi connectivity index (χ1) is 11.9. The van der Waals surface area contributed by atoms with Gasteiger partial charge in [0.15, 0.2) is 11.6 Å². The van der Waals surface area contributed by atoms with E-state index in [1.54, 1.807) is 18.0 Å². The van der Waals surface area contributed by atoms with E-state index in [0.717, 1.165) is 0 Å². The van der Waals surface area contributed by atoms with Crippen LogP contribution in [-0.4, -0.2) is 80.7 Å². The topological polar surface area (TPSA) is 71.1 Å². The summed E-state index contributed by atoms with van der Waals surface area (Å²) in [5.74, 6) is -0.787. The number of hydrogen-bond acceptors (Lipinski definition) is 5. The molecule has 1 atom stereocenters. The molecule has 2 amide bonds. The molecule has 0 radical (unpaired) electrons. The number of nitrogens with zero attached hydrogens (tertiary/aromatic N) is 2. The summed E-state index contributed by atoms with van der Waals surface area (Å²) in [5.41, 5.74) is -0.180. The molecule has 2 aliphatic rings. The van der Waals surface area contributed by atoms with E-state index in [4.69, 9.17) is 9.47 Å². The van der Waals surface area contributed by atoms with E-state index in [9.17, 15) is 14.0 Å². The number of methoxy groups -OCH3 is 1. The highest BCUT2D eigenvalue weighted by molar-refractivity contribution is 5.95. The maximum Gasteiger partial charge on any atom is 0.254 e. The highest BCUT2D eigenvalue weighted by atomic mass is 19.1. The second kappa shape index (κ2) is 6.61. The zero-order valence-corrected chi connectivity index (χ0v) is 14.5. The molecule has 25 heavy (non-hydrogen) atoms. The van der Waals surface area contributed by atoms with Crippen molar-refractivity contribution >= 4 is 11.8 Å². The van der Waals surface area contributed by atoms with Crippen molar-refractivity contribution in [3.63, 3.8) is 0 Å². The van der Waals surface area contributed by atoms with Gasteiger partial charge in [-0.1, -0.05) is 0 Å². The van der Waals surface area contributed by atoms with Gasteiger partial charge in [0, 0.05) is 19.2 Å². The lowest BCUT2D eigenvalue weighted by molar-refractivity contribution is -0.187. The van der Waals surface area contributed by atoms with E-state index in [0.29, 0.717) is 19.6 Å². The number of amides is 2. The van der Waals surface area contributed by atoms with Gasteiger partial charge in [-0.05, 0) is 25.2 Å². The smallest absolute Gasteiger partial charge is 0.254 e. The standard InChI is InChI=1S/C17H22FN3O4/c1-19-15(22)13-7-25-17(8-20(13)2)9-21(10-17)16(23)11-4-5-14(24-3)12(18)6-11/h4-6,13H,7-10H2,1-3H3,(H,19,22)/t13-/m1/s1. The number of hydrogen-bond donors (Lipinski definition) is 1. The lowest BCUT2D eigenvalue weighted by Gasteiger charge is -2.54. The fraction of sp³-hybridized carbons (Fsp3) is 0.529. The third-order valence-corrected chi connectivity index (χ3v) is 4.81. The zero-order chi connectivity index (χ0) is 18.2. The molecule has 2 heterocycles. The second-order valence-corrected chi connectivity index (χ2v) is 6.55. The average molecular weight is 351 g/mol. The Kier molecular flexibility index (Phi) is 4.66. The Morgan fingerprint density at radius 2 is 2.08 bits per heavy atom. The Balaban J connectivity index is 1.61. The van der Waals surface area contributed by atoms with Gasteiger partial charge in [-0.3, -0.25) is 14.5 Å². The van der Waals surface area contributed by atoms with E-state index in [1.807, 2.05) is 11.9 Å². The molecule has 2 saturated heterocycles. The number of rotatable bonds is 3. The Bertz CT molecular complexity index is 690. The predicted octanol–water partition coefficient (Wildman–Crippen LogP) is 0.106. The maximum atomic E-state index is 13.8. The van der Waals surface area contributed by atoms with Crippen LogP contribution in [0.1, 0.15) is 10.4 Å². The first-order valence-electron chi connectivity index (χ1n) is 8.08. The van der Waals surface area contributed by atoms with Crippen LogP contribution in [-0.2, 0) is 9.53 Å². The monoisotopic (exact) mass is 351 g/mol. The van der Waals surface area contributed by atoms with Gasteiger partial charge in [0.2, 0.25) is 5.91 Å². The van der Waals surface area contributed by atoms with Crippen LogP contribution in [0.3, 0.4) is 0 Å². The molecule has 1 N–H and O–H groups in total. The molecule has 0 unspecified atom stereocenters. The molecule has 2 aliphatic heterocycles. The maximum absolute atomic E-state index is 13.8. The molecular weight excluding hydrogens is 329 g/mol. The van der Waals surface area contributed by atoms with Crippen LogP contribution in [0.25, 0.3) is 0 Å². The zero-order valence-electron chi connectivity index (χ0n) is 14.5.